The van der Waals surface area contributed by atoms with Gasteiger partial charge in [0.1, 0.15) is 0 Å². The number of fused-ring (bicyclic) bond motifs is 13. The fourth-order valence-corrected chi connectivity index (χ4v) is 17.0. The van der Waals surface area contributed by atoms with Gasteiger partial charge in [-0.25, -0.2) is 0 Å². The fourth-order valence-electron chi connectivity index (χ4n) is 17.0. The summed E-state index contributed by atoms with van der Waals surface area (Å²) in [6.45, 7) is 12.4. The van der Waals surface area contributed by atoms with E-state index in [2.05, 4.69) is 165 Å². The Hall–Kier alpha value is -5.54. The van der Waals surface area contributed by atoms with Crippen molar-refractivity contribution in [2.75, 3.05) is 4.90 Å². The molecule has 4 saturated carbocycles. The van der Waals surface area contributed by atoms with E-state index in [1.807, 2.05) is 0 Å². The molecular weight excluding hydrogens is 844 g/mol. The Labute approximate surface area is 417 Å². The van der Waals surface area contributed by atoms with Crippen LogP contribution in [0.15, 0.2) is 121 Å². The Bertz CT molecular complexity index is 3490. The van der Waals surface area contributed by atoms with Crippen LogP contribution in [-0.4, -0.2) is 11.3 Å². The van der Waals surface area contributed by atoms with E-state index in [4.69, 9.17) is 0 Å². The number of rotatable bonds is 4. The van der Waals surface area contributed by atoms with Gasteiger partial charge in [-0.2, -0.15) is 0 Å². The molecule has 3 heterocycles. The zero-order chi connectivity index (χ0) is 46.9. The minimum Gasteiger partial charge on any atom is -0.375 e. The zero-order valence-corrected chi connectivity index (χ0v) is 42.5. The first-order valence-corrected chi connectivity index (χ1v) is 27.8. The van der Waals surface area contributed by atoms with E-state index < -0.39 is 0 Å². The van der Waals surface area contributed by atoms with Crippen molar-refractivity contribution in [2.24, 2.45) is 11.8 Å². The van der Waals surface area contributed by atoms with E-state index in [9.17, 15) is 0 Å². The van der Waals surface area contributed by atoms with Gasteiger partial charge in [0.25, 0.3) is 0 Å². The summed E-state index contributed by atoms with van der Waals surface area (Å²) in [5, 5.41) is 5.62. The topological polar surface area (TPSA) is 8.17 Å². The van der Waals surface area contributed by atoms with Gasteiger partial charge in [0, 0.05) is 44.4 Å². The van der Waals surface area contributed by atoms with E-state index in [0.29, 0.717) is 5.41 Å². The van der Waals surface area contributed by atoms with E-state index in [-0.39, 0.29) is 23.1 Å². The van der Waals surface area contributed by atoms with E-state index >= 15 is 0 Å². The molecule has 70 heavy (non-hydrogen) atoms. The molecule has 4 bridgehead atoms. The summed E-state index contributed by atoms with van der Waals surface area (Å²) in [5.41, 5.74) is 23.7. The third-order valence-electron chi connectivity index (χ3n) is 20.7. The molecule has 7 aliphatic rings. The lowest BCUT2D eigenvalue weighted by Crippen LogP contribution is -2.56. The normalized spacial score (nSPS) is 25.7. The summed E-state index contributed by atoms with van der Waals surface area (Å²) in [5.74, 6) is 1.75. The molecule has 0 radical (unpaired) electrons. The fraction of sp³-hybridized carbons (Fsp3) is 0.403. The second-order valence-electron chi connectivity index (χ2n) is 25.6. The van der Waals surface area contributed by atoms with Crippen LogP contribution in [0.1, 0.15) is 158 Å². The highest BCUT2D eigenvalue weighted by Gasteiger charge is 2.48. The van der Waals surface area contributed by atoms with Crippen LogP contribution in [0.5, 0.6) is 0 Å². The van der Waals surface area contributed by atoms with Crippen LogP contribution in [-0.2, 0) is 21.7 Å². The lowest BCUT2D eigenvalue weighted by atomic mass is 9.44. The van der Waals surface area contributed by atoms with E-state index in [1.165, 1.54) is 202 Å². The Morgan fingerprint density at radius 3 is 1.80 bits per heavy atom. The Kier molecular flexibility index (Phi) is 8.90. The average molecular weight is 913 g/mol. The van der Waals surface area contributed by atoms with Crippen molar-refractivity contribution >= 4 is 67.4 Å². The molecule has 4 fully saturated rings. The van der Waals surface area contributed by atoms with Crippen LogP contribution in [0.25, 0.3) is 54.8 Å². The van der Waals surface area contributed by atoms with Crippen LogP contribution in [0.2, 0.25) is 0 Å². The molecule has 350 valence electrons. The van der Waals surface area contributed by atoms with Crippen LogP contribution < -0.4 is 15.8 Å². The molecule has 8 aromatic rings. The second-order valence-corrected chi connectivity index (χ2v) is 25.6. The molecule has 2 nitrogen and oxygen atoms in total. The molecule has 5 aliphatic carbocycles. The van der Waals surface area contributed by atoms with Crippen molar-refractivity contribution in [3.63, 3.8) is 0 Å². The molecule has 0 spiro atoms. The summed E-state index contributed by atoms with van der Waals surface area (Å²) in [6, 6.07) is 49.6. The smallest absolute Gasteiger partial charge is 0.333 e. The highest BCUT2D eigenvalue weighted by Crippen LogP contribution is 2.57. The number of hydrogen-bond donors (Lipinski definition) is 0. The van der Waals surface area contributed by atoms with Gasteiger partial charge < -0.3 is 9.38 Å². The minimum absolute atomic E-state index is 0.0157. The number of anilines is 3. The number of aryl methyl sites for hydroxylation is 1. The summed E-state index contributed by atoms with van der Waals surface area (Å²) >= 11 is 0. The standard InChI is InChI=1S/C67H69BN2/c1-42-31-55-56(65(4,5)30-29-64(55,2)3)39-59(42)69-60-34-47-22-10-9-21-46(47)33-57(60)68-62-52(32-48(35-61(62)69)45-19-7-6-8-20-45)54-38-50(67-27-13-17-44(41-67)18-14-28-67)37-53-51-36-49(23-24-58(51)70(68)63(53)54)66-25-11-15-43(40-66)16-12-26-66/h6-10,19-24,31-39,43-44H,11-18,25-30,40-41H2,1-5H3. The van der Waals surface area contributed by atoms with Gasteiger partial charge in [0.05, 0.1) is 0 Å². The summed E-state index contributed by atoms with van der Waals surface area (Å²) in [4.78, 5) is 2.75. The van der Waals surface area contributed by atoms with Gasteiger partial charge in [0.2, 0.25) is 0 Å². The number of hydrogen-bond acceptors (Lipinski definition) is 1. The van der Waals surface area contributed by atoms with Crippen LogP contribution in [0.4, 0.5) is 17.1 Å². The molecular formula is C67H69BN2. The third kappa shape index (κ3) is 5.93. The number of aromatic nitrogens is 1. The highest BCUT2D eigenvalue weighted by molar-refractivity contribution is 6.90. The van der Waals surface area contributed by atoms with Gasteiger partial charge in [-0.05, 0) is 207 Å². The molecule has 0 unspecified atom stereocenters. The van der Waals surface area contributed by atoms with Crippen LogP contribution in [0, 0.1) is 18.8 Å². The first-order valence-electron chi connectivity index (χ1n) is 27.8. The Morgan fingerprint density at radius 2 is 1.11 bits per heavy atom. The lowest BCUT2D eigenvalue weighted by Gasteiger charge is -2.46. The van der Waals surface area contributed by atoms with Gasteiger partial charge in [-0.3, -0.25) is 0 Å². The van der Waals surface area contributed by atoms with Gasteiger partial charge in [0.15, 0.2) is 0 Å². The van der Waals surface area contributed by atoms with Gasteiger partial charge >= 0.3 is 6.85 Å². The van der Waals surface area contributed by atoms with Gasteiger partial charge in [-0.15, -0.1) is 0 Å². The maximum Gasteiger partial charge on any atom is 0.333 e. The van der Waals surface area contributed by atoms with Crippen LogP contribution in [0.3, 0.4) is 0 Å². The van der Waals surface area contributed by atoms with Gasteiger partial charge in [-0.1, -0.05) is 152 Å². The first kappa shape index (κ1) is 42.2. The number of benzene rings is 7. The Morgan fingerprint density at radius 1 is 0.500 bits per heavy atom. The monoisotopic (exact) mass is 913 g/mol. The van der Waals surface area contributed by atoms with Crippen molar-refractivity contribution in [1.82, 2.24) is 4.48 Å². The summed E-state index contributed by atoms with van der Waals surface area (Å²) in [6.07, 6.45) is 21.7. The largest absolute Gasteiger partial charge is 0.375 e. The molecule has 1 aromatic heterocycles. The van der Waals surface area contributed by atoms with Crippen molar-refractivity contribution in [2.45, 2.75) is 159 Å². The molecule has 0 amide bonds. The van der Waals surface area contributed by atoms with Crippen LogP contribution >= 0.6 is 0 Å². The molecule has 0 atom stereocenters. The molecule has 15 rings (SSSR count). The predicted octanol–water partition coefficient (Wildman–Crippen LogP) is 16.9. The molecule has 7 aromatic carbocycles. The second kappa shape index (κ2) is 14.8. The SMILES string of the molecule is Cc1cc2c(cc1N1c3cc4ccccc4cc3B3c4c(cc(-c5ccccc5)cc41)-c1cc(C45CCCC(CCC4)C5)cc4c5cc(C67CCCC(CCC6)C7)ccc5n3c14)C(C)(C)CCC2(C)C. The predicted molar refractivity (Wildman–Crippen MR) is 298 cm³/mol. The summed E-state index contributed by atoms with van der Waals surface area (Å²) < 4.78 is 2.88. The lowest BCUT2D eigenvalue weighted by molar-refractivity contribution is 0.149. The van der Waals surface area contributed by atoms with Crippen molar-refractivity contribution in [3.05, 3.63) is 149 Å². The van der Waals surface area contributed by atoms with E-state index in [1.54, 1.807) is 11.1 Å². The first-order chi connectivity index (χ1) is 34.0. The van der Waals surface area contributed by atoms with Crippen molar-refractivity contribution < 1.29 is 0 Å². The zero-order valence-electron chi connectivity index (χ0n) is 42.5. The molecule has 3 heteroatoms. The average Bonchev–Trinajstić information content (AvgIpc) is 3.70. The molecule has 0 N–H and O–H groups in total. The molecule has 2 aliphatic heterocycles. The minimum atomic E-state index is 0.0157. The number of nitrogens with zero attached hydrogens (tertiary/aromatic N) is 2. The third-order valence-corrected chi connectivity index (χ3v) is 20.7. The maximum absolute atomic E-state index is 2.88. The molecule has 0 saturated heterocycles. The van der Waals surface area contributed by atoms with E-state index in [0.717, 1.165) is 11.8 Å². The highest BCUT2D eigenvalue weighted by atomic mass is 15.2. The van der Waals surface area contributed by atoms with Crippen molar-refractivity contribution in [1.29, 1.82) is 0 Å². The Balaban J connectivity index is 1.08. The van der Waals surface area contributed by atoms with Crippen molar-refractivity contribution in [3.8, 4) is 22.3 Å². The maximum atomic E-state index is 2.88. The summed E-state index contributed by atoms with van der Waals surface area (Å²) in [7, 11) is 0. The quantitative estimate of drug-likeness (QED) is 0.160.